The van der Waals surface area contributed by atoms with E-state index in [1.807, 2.05) is 0 Å². The minimum atomic E-state index is -6.41. The van der Waals surface area contributed by atoms with Gasteiger partial charge in [-0.3, -0.25) is 9.59 Å². The number of hydroxylamine groups is 2. The molecule has 0 bridgehead atoms. The van der Waals surface area contributed by atoms with Crippen molar-refractivity contribution < 1.29 is 59.6 Å². The van der Waals surface area contributed by atoms with Crippen molar-refractivity contribution in [1.29, 1.82) is 0 Å². The van der Waals surface area contributed by atoms with E-state index in [2.05, 4.69) is 4.28 Å². The van der Waals surface area contributed by atoms with Crippen molar-refractivity contribution in [2.75, 3.05) is 7.11 Å². The number of carbonyl (C=O) groups excluding carboxylic acids is 3. The van der Waals surface area contributed by atoms with Gasteiger partial charge in [0.2, 0.25) is 0 Å². The standard InChI is InChI=1S/C24H16F3NO10S/c1-23(37-22(33)14-7-6-13(36-2)10-16(14)21(31)32)9-8-12-4-3-5-15-18(12)17(11-23)20(30)28(19(15)29)38-39(34,35)24(25,26)27/h3-11H,1-2H3,(H,31,32). The van der Waals surface area contributed by atoms with Gasteiger partial charge in [0.15, 0.2) is 0 Å². The molecule has 2 amide bonds. The van der Waals surface area contributed by atoms with Crippen LogP contribution in [-0.4, -0.2) is 60.6 Å². The maximum atomic E-state index is 13.2. The topological polar surface area (TPSA) is 154 Å². The number of hydrogen-bond donors (Lipinski definition) is 1. The van der Waals surface area contributed by atoms with Crippen molar-refractivity contribution in [3.8, 4) is 5.75 Å². The third kappa shape index (κ3) is 4.88. The van der Waals surface area contributed by atoms with Crippen LogP contribution in [0.4, 0.5) is 13.2 Å². The zero-order valence-corrected chi connectivity index (χ0v) is 20.6. The van der Waals surface area contributed by atoms with Crippen molar-refractivity contribution >= 4 is 45.5 Å². The number of amides is 2. The fraction of sp³-hybridized carbons (Fsp3) is 0.167. The summed E-state index contributed by atoms with van der Waals surface area (Å²) in [6.45, 7) is 1.27. The van der Waals surface area contributed by atoms with E-state index in [4.69, 9.17) is 9.47 Å². The number of nitrogens with zero attached hydrogens (tertiary/aromatic N) is 1. The molecule has 1 atom stereocenters. The third-order valence-corrected chi connectivity index (χ3v) is 6.58. The summed E-state index contributed by atoms with van der Waals surface area (Å²) < 4.78 is 76.3. The first-order valence-electron chi connectivity index (χ1n) is 10.7. The molecule has 39 heavy (non-hydrogen) atoms. The maximum absolute atomic E-state index is 13.2. The van der Waals surface area contributed by atoms with Crippen molar-refractivity contribution in [1.82, 2.24) is 5.06 Å². The zero-order valence-electron chi connectivity index (χ0n) is 19.8. The Morgan fingerprint density at radius 1 is 1.05 bits per heavy atom. The van der Waals surface area contributed by atoms with E-state index in [0.29, 0.717) is 0 Å². The quantitative estimate of drug-likeness (QED) is 0.313. The molecular formula is C24H16F3NO10S. The van der Waals surface area contributed by atoms with Crippen molar-refractivity contribution in [3.63, 3.8) is 0 Å². The van der Waals surface area contributed by atoms with Crippen molar-refractivity contribution in [2.24, 2.45) is 0 Å². The summed E-state index contributed by atoms with van der Waals surface area (Å²) >= 11 is 0. The molecule has 204 valence electrons. The average Bonchev–Trinajstić information content (AvgIpc) is 3.01. The van der Waals surface area contributed by atoms with Crippen LogP contribution in [0.15, 0.2) is 48.6 Å². The highest BCUT2D eigenvalue weighted by molar-refractivity contribution is 7.87. The molecule has 15 heteroatoms. The van der Waals surface area contributed by atoms with Crippen LogP contribution in [0.25, 0.3) is 11.6 Å². The summed E-state index contributed by atoms with van der Waals surface area (Å²) in [6, 6.07) is 7.43. The van der Waals surface area contributed by atoms with Crippen LogP contribution in [0, 0.1) is 0 Å². The Bertz CT molecular complexity index is 1610. The van der Waals surface area contributed by atoms with Gasteiger partial charge in [0, 0.05) is 5.56 Å². The molecule has 1 heterocycles. The Kier molecular flexibility index (Phi) is 6.60. The fourth-order valence-corrected chi connectivity index (χ4v) is 4.28. The molecule has 0 fully saturated rings. The molecule has 0 aromatic heterocycles. The van der Waals surface area contributed by atoms with Crippen LogP contribution >= 0.6 is 0 Å². The fourth-order valence-electron chi connectivity index (χ4n) is 3.86. The summed E-state index contributed by atoms with van der Waals surface area (Å²) in [5.74, 6) is -5.54. The molecular weight excluding hydrogens is 551 g/mol. The largest absolute Gasteiger partial charge is 0.525 e. The normalized spacial score (nSPS) is 18.7. The average molecular weight is 567 g/mol. The first-order chi connectivity index (χ1) is 18.1. The summed E-state index contributed by atoms with van der Waals surface area (Å²) in [5.41, 5.74) is -9.36. The van der Waals surface area contributed by atoms with Gasteiger partial charge >= 0.3 is 27.6 Å². The Morgan fingerprint density at radius 2 is 1.74 bits per heavy atom. The van der Waals surface area contributed by atoms with Gasteiger partial charge in [-0.15, -0.1) is 9.35 Å². The van der Waals surface area contributed by atoms with Crippen LogP contribution in [0.3, 0.4) is 0 Å². The second-order valence-corrected chi connectivity index (χ2v) is 9.85. The number of halogens is 3. The molecule has 1 unspecified atom stereocenters. The van der Waals surface area contributed by atoms with E-state index in [9.17, 15) is 45.9 Å². The lowest BCUT2D eigenvalue weighted by atomic mass is 9.89. The van der Waals surface area contributed by atoms with E-state index in [0.717, 1.165) is 24.3 Å². The van der Waals surface area contributed by atoms with Gasteiger partial charge in [-0.05, 0) is 48.9 Å². The van der Waals surface area contributed by atoms with E-state index in [-0.39, 0.29) is 28.0 Å². The van der Waals surface area contributed by atoms with Gasteiger partial charge in [0.05, 0.1) is 29.4 Å². The molecule has 0 spiro atoms. The number of carboxylic acids is 1. The number of rotatable bonds is 6. The summed E-state index contributed by atoms with van der Waals surface area (Å²) in [4.78, 5) is 50.7. The van der Waals surface area contributed by atoms with E-state index < -0.39 is 61.2 Å². The van der Waals surface area contributed by atoms with Crippen LogP contribution in [0.2, 0.25) is 0 Å². The lowest BCUT2D eigenvalue weighted by Crippen LogP contribution is -2.45. The predicted molar refractivity (Wildman–Crippen MR) is 124 cm³/mol. The number of alkyl halides is 3. The number of benzene rings is 2. The minimum absolute atomic E-state index is 0.0662. The second kappa shape index (κ2) is 9.36. The monoisotopic (exact) mass is 567 g/mol. The second-order valence-electron chi connectivity index (χ2n) is 8.33. The molecule has 2 aromatic carbocycles. The highest BCUT2D eigenvalue weighted by Crippen LogP contribution is 2.39. The molecule has 0 saturated heterocycles. The number of aromatic carboxylic acids is 1. The molecule has 1 aliphatic heterocycles. The van der Waals surface area contributed by atoms with Gasteiger partial charge in [-0.1, -0.05) is 18.2 Å². The molecule has 11 nitrogen and oxygen atoms in total. The van der Waals surface area contributed by atoms with E-state index in [1.165, 1.54) is 44.4 Å². The van der Waals surface area contributed by atoms with Crippen LogP contribution < -0.4 is 4.74 Å². The summed E-state index contributed by atoms with van der Waals surface area (Å²) in [5, 5.41) is 8.97. The summed E-state index contributed by atoms with van der Waals surface area (Å²) in [6.07, 6.45) is 3.63. The lowest BCUT2D eigenvalue weighted by Gasteiger charge is -2.29. The Labute approximate surface area is 217 Å². The smallest absolute Gasteiger partial charge is 0.497 e. The van der Waals surface area contributed by atoms with Gasteiger partial charge in [0.1, 0.15) is 11.4 Å². The molecule has 2 aliphatic rings. The first-order valence-corrected chi connectivity index (χ1v) is 12.1. The van der Waals surface area contributed by atoms with Crippen LogP contribution in [0.5, 0.6) is 5.75 Å². The Hall–Kier alpha value is -4.50. The molecule has 0 radical (unpaired) electrons. The number of carbonyl (C=O) groups is 4. The third-order valence-electron chi connectivity index (χ3n) is 5.67. The maximum Gasteiger partial charge on any atom is 0.525 e. The SMILES string of the molecule is COc1ccc(C(=O)OC2(C)C=Cc3cccc4c3C(=C2)C(=O)N(OS(=O)(=O)C(F)(F)F)C4=O)c(C(=O)O)c1. The van der Waals surface area contributed by atoms with Gasteiger partial charge in [-0.2, -0.15) is 21.6 Å². The van der Waals surface area contributed by atoms with Crippen molar-refractivity contribution in [2.45, 2.75) is 18.0 Å². The predicted octanol–water partition coefficient (Wildman–Crippen LogP) is 3.18. The van der Waals surface area contributed by atoms with E-state index >= 15 is 0 Å². The highest BCUT2D eigenvalue weighted by atomic mass is 32.2. The molecule has 2 aromatic rings. The van der Waals surface area contributed by atoms with Gasteiger partial charge in [0.25, 0.3) is 11.8 Å². The Balaban J connectivity index is 1.80. The van der Waals surface area contributed by atoms with Gasteiger partial charge in [-0.25, -0.2) is 9.59 Å². The summed E-state index contributed by atoms with van der Waals surface area (Å²) in [7, 11) is -5.13. The number of ether oxygens (including phenoxy) is 2. The molecule has 4 rings (SSSR count). The molecule has 0 saturated carbocycles. The first kappa shape index (κ1) is 27.5. The minimum Gasteiger partial charge on any atom is -0.497 e. The highest BCUT2D eigenvalue weighted by Gasteiger charge is 2.52. The number of methoxy groups -OCH3 is 1. The van der Waals surface area contributed by atoms with Crippen molar-refractivity contribution in [3.05, 3.63) is 76.4 Å². The number of imide groups is 1. The van der Waals surface area contributed by atoms with E-state index in [1.54, 1.807) is 0 Å². The lowest BCUT2D eigenvalue weighted by molar-refractivity contribution is -0.144. The van der Waals surface area contributed by atoms with Crippen LogP contribution in [-0.2, 0) is 23.9 Å². The number of carboxylic acid groups (broad SMARTS) is 1. The Morgan fingerprint density at radius 3 is 2.36 bits per heavy atom. The molecule has 1 N–H and O–H groups in total. The molecule has 1 aliphatic carbocycles. The zero-order chi connectivity index (χ0) is 28.9. The van der Waals surface area contributed by atoms with Crippen LogP contribution in [0.1, 0.15) is 49.1 Å². The van der Waals surface area contributed by atoms with Gasteiger partial charge < -0.3 is 14.6 Å². The number of hydrogen-bond acceptors (Lipinski definition) is 9. The number of esters is 1.